The van der Waals surface area contributed by atoms with Crippen molar-refractivity contribution >= 4 is 38.4 Å². The van der Waals surface area contributed by atoms with Gasteiger partial charge in [0.1, 0.15) is 17.2 Å². The number of hydrogen-bond donors (Lipinski definition) is 1. The summed E-state index contributed by atoms with van der Waals surface area (Å²) >= 11 is 9.01. The van der Waals surface area contributed by atoms with Crippen LogP contribution in [-0.4, -0.2) is 15.1 Å². The molecule has 0 spiro atoms. The molecule has 1 N–H and O–H groups in total. The van der Waals surface area contributed by atoms with Crippen LogP contribution in [0.4, 0.5) is 0 Å². The van der Waals surface area contributed by atoms with Crippen molar-refractivity contribution in [1.82, 2.24) is 9.97 Å². The first-order valence-electron chi connectivity index (χ1n) is 3.47. The summed E-state index contributed by atoms with van der Waals surface area (Å²) < 4.78 is 0.580. The summed E-state index contributed by atoms with van der Waals surface area (Å²) in [6, 6.07) is 3.22. The van der Waals surface area contributed by atoms with Crippen LogP contribution in [0.15, 0.2) is 22.9 Å². The quantitative estimate of drug-likeness (QED) is 0.740. The van der Waals surface area contributed by atoms with Crippen LogP contribution in [0, 0.1) is 0 Å². The first-order valence-corrected chi connectivity index (χ1v) is 4.64. The van der Waals surface area contributed by atoms with Gasteiger partial charge >= 0.3 is 0 Å². The fraction of sp³-hybridized carbons (Fsp3) is 0. The third-order valence-corrected chi connectivity index (χ3v) is 2.59. The summed E-state index contributed by atoms with van der Waals surface area (Å²) in [4.78, 5) is 7.80. The second-order valence-electron chi connectivity index (χ2n) is 2.49. The molecule has 0 saturated heterocycles. The number of benzene rings is 1. The highest BCUT2D eigenvalue weighted by atomic mass is 79.9. The van der Waals surface area contributed by atoms with E-state index in [0.717, 1.165) is 0 Å². The molecular weight excluding hydrogens is 255 g/mol. The molecule has 0 atom stereocenters. The molecule has 0 unspecified atom stereocenters. The number of fused-ring (bicyclic) bond motifs is 1. The summed E-state index contributed by atoms with van der Waals surface area (Å²) in [6.45, 7) is 0. The largest absolute Gasteiger partial charge is 0.507 e. The van der Waals surface area contributed by atoms with E-state index in [1.54, 1.807) is 6.07 Å². The second kappa shape index (κ2) is 3.12. The molecule has 0 aliphatic rings. The van der Waals surface area contributed by atoms with Crippen molar-refractivity contribution in [2.24, 2.45) is 0 Å². The predicted octanol–water partition coefficient (Wildman–Crippen LogP) is 2.75. The number of aromatic hydroxyl groups is 1. The molecule has 0 saturated carbocycles. The minimum Gasteiger partial charge on any atom is -0.507 e. The number of phenols is 1. The van der Waals surface area contributed by atoms with Crippen molar-refractivity contribution in [2.45, 2.75) is 0 Å². The smallest absolute Gasteiger partial charge is 0.140 e. The predicted molar refractivity (Wildman–Crippen MR) is 53.9 cm³/mol. The average molecular weight is 259 g/mol. The molecule has 0 aliphatic heterocycles. The summed E-state index contributed by atoms with van der Waals surface area (Å²) in [5, 5.41) is 10.5. The minimum absolute atomic E-state index is 0.141. The molecule has 2 rings (SSSR count). The Hall–Kier alpha value is -0.870. The first-order chi connectivity index (χ1) is 6.18. The van der Waals surface area contributed by atoms with Crippen LogP contribution in [0.2, 0.25) is 5.15 Å². The van der Waals surface area contributed by atoms with Crippen molar-refractivity contribution in [2.75, 3.05) is 0 Å². The zero-order valence-electron chi connectivity index (χ0n) is 6.33. The van der Waals surface area contributed by atoms with Crippen molar-refractivity contribution in [3.05, 3.63) is 28.1 Å². The molecular formula is C8H4BrClN2O. The van der Waals surface area contributed by atoms with Crippen molar-refractivity contribution in [3.8, 4) is 5.75 Å². The average Bonchev–Trinajstić information content (AvgIpc) is 2.09. The normalized spacial score (nSPS) is 10.6. The van der Waals surface area contributed by atoms with E-state index in [-0.39, 0.29) is 5.75 Å². The standard InChI is InChI=1S/C8H4BrClN2O/c9-5-1-4-6(2-7(5)13)11-3-12-8(4)10/h1-3,13H. The highest BCUT2D eigenvalue weighted by Crippen LogP contribution is 2.30. The van der Waals surface area contributed by atoms with E-state index in [9.17, 15) is 5.11 Å². The van der Waals surface area contributed by atoms with Crippen molar-refractivity contribution in [1.29, 1.82) is 0 Å². The van der Waals surface area contributed by atoms with E-state index in [4.69, 9.17) is 11.6 Å². The lowest BCUT2D eigenvalue weighted by molar-refractivity contribution is 0.472. The van der Waals surface area contributed by atoms with Crippen LogP contribution in [0.5, 0.6) is 5.75 Å². The second-order valence-corrected chi connectivity index (χ2v) is 3.70. The molecule has 1 aromatic carbocycles. The first kappa shape index (κ1) is 8.72. The van der Waals surface area contributed by atoms with Gasteiger partial charge < -0.3 is 5.11 Å². The zero-order valence-corrected chi connectivity index (χ0v) is 8.67. The lowest BCUT2D eigenvalue weighted by atomic mass is 10.2. The number of rotatable bonds is 0. The summed E-state index contributed by atoms with van der Waals surface area (Å²) in [7, 11) is 0. The van der Waals surface area contributed by atoms with Gasteiger partial charge in [-0.05, 0) is 22.0 Å². The molecule has 0 fully saturated rings. The SMILES string of the molecule is Oc1cc2ncnc(Cl)c2cc1Br. The fourth-order valence-electron chi connectivity index (χ4n) is 1.03. The molecule has 0 radical (unpaired) electrons. The van der Waals surface area contributed by atoms with Gasteiger partial charge in [0.05, 0.1) is 9.99 Å². The van der Waals surface area contributed by atoms with E-state index < -0.39 is 0 Å². The highest BCUT2D eigenvalue weighted by molar-refractivity contribution is 9.10. The maximum Gasteiger partial charge on any atom is 0.140 e. The Kier molecular flexibility index (Phi) is 2.09. The van der Waals surface area contributed by atoms with E-state index in [2.05, 4.69) is 25.9 Å². The van der Waals surface area contributed by atoms with Crippen LogP contribution in [0.1, 0.15) is 0 Å². The Morgan fingerprint density at radius 2 is 2.08 bits per heavy atom. The maximum absolute atomic E-state index is 9.36. The molecule has 5 heteroatoms. The van der Waals surface area contributed by atoms with Crippen LogP contribution in [0.3, 0.4) is 0 Å². The molecule has 13 heavy (non-hydrogen) atoms. The maximum atomic E-state index is 9.36. The number of phenolic OH excluding ortho intramolecular Hbond substituents is 1. The number of aromatic nitrogens is 2. The Bertz CT molecular complexity index is 475. The van der Waals surface area contributed by atoms with Gasteiger partial charge in [0.2, 0.25) is 0 Å². The lowest BCUT2D eigenvalue weighted by Gasteiger charge is -2.01. The molecule has 3 nitrogen and oxygen atoms in total. The number of hydrogen-bond acceptors (Lipinski definition) is 3. The van der Waals surface area contributed by atoms with Gasteiger partial charge in [-0.25, -0.2) is 9.97 Å². The Balaban J connectivity index is 2.89. The Labute approximate surface area is 87.5 Å². The van der Waals surface area contributed by atoms with Crippen LogP contribution < -0.4 is 0 Å². The van der Waals surface area contributed by atoms with E-state index in [1.165, 1.54) is 12.4 Å². The summed E-state index contributed by atoms with van der Waals surface area (Å²) in [5.41, 5.74) is 0.626. The molecule has 0 bridgehead atoms. The molecule has 0 aliphatic carbocycles. The third-order valence-electron chi connectivity index (χ3n) is 1.66. The van der Waals surface area contributed by atoms with Gasteiger partial charge in [0.15, 0.2) is 0 Å². The van der Waals surface area contributed by atoms with Crippen LogP contribution in [0.25, 0.3) is 10.9 Å². The molecule has 1 heterocycles. The fourth-order valence-corrected chi connectivity index (χ4v) is 1.57. The monoisotopic (exact) mass is 258 g/mol. The van der Waals surface area contributed by atoms with Gasteiger partial charge in [-0.1, -0.05) is 11.6 Å². The minimum atomic E-state index is 0.141. The highest BCUT2D eigenvalue weighted by Gasteiger charge is 2.05. The van der Waals surface area contributed by atoms with Crippen molar-refractivity contribution < 1.29 is 5.11 Å². The Morgan fingerprint density at radius 3 is 2.85 bits per heavy atom. The van der Waals surface area contributed by atoms with Gasteiger partial charge in [-0.15, -0.1) is 0 Å². The van der Waals surface area contributed by atoms with Crippen LogP contribution in [-0.2, 0) is 0 Å². The van der Waals surface area contributed by atoms with Gasteiger partial charge in [-0.2, -0.15) is 0 Å². The van der Waals surface area contributed by atoms with E-state index in [0.29, 0.717) is 20.5 Å². The van der Waals surface area contributed by atoms with E-state index in [1.807, 2.05) is 0 Å². The van der Waals surface area contributed by atoms with E-state index >= 15 is 0 Å². The molecule has 66 valence electrons. The zero-order chi connectivity index (χ0) is 9.42. The number of nitrogens with zero attached hydrogens (tertiary/aromatic N) is 2. The molecule has 0 amide bonds. The van der Waals surface area contributed by atoms with Gasteiger partial charge in [0, 0.05) is 11.5 Å². The molecule has 1 aromatic heterocycles. The lowest BCUT2D eigenvalue weighted by Crippen LogP contribution is -1.83. The van der Waals surface area contributed by atoms with Crippen LogP contribution >= 0.6 is 27.5 Å². The summed E-state index contributed by atoms with van der Waals surface area (Å²) in [6.07, 6.45) is 1.36. The molecule has 2 aromatic rings. The van der Waals surface area contributed by atoms with Gasteiger partial charge in [0.25, 0.3) is 0 Å². The topological polar surface area (TPSA) is 46.0 Å². The Morgan fingerprint density at radius 1 is 1.31 bits per heavy atom. The summed E-state index contributed by atoms with van der Waals surface area (Å²) in [5.74, 6) is 0.141. The third kappa shape index (κ3) is 1.47. The van der Waals surface area contributed by atoms with Crippen molar-refractivity contribution in [3.63, 3.8) is 0 Å². The van der Waals surface area contributed by atoms with Gasteiger partial charge in [-0.3, -0.25) is 0 Å². The number of halogens is 2.